The number of hydrogen-bond acceptors (Lipinski definition) is 5. The van der Waals surface area contributed by atoms with Gasteiger partial charge in [-0.1, -0.05) is 30.3 Å². The SMILES string of the molecule is COc1cc(C)nc(/N=C/c2c(O)ccc3ccccc23)n1. The molecule has 0 aliphatic carbocycles. The van der Waals surface area contributed by atoms with Crippen LogP contribution in [0.4, 0.5) is 5.95 Å². The molecule has 1 aromatic heterocycles. The average Bonchev–Trinajstić information content (AvgIpc) is 2.53. The van der Waals surface area contributed by atoms with Gasteiger partial charge >= 0.3 is 0 Å². The Morgan fingerprint density at radius 3 is 2.77 bits per heavy atom. The van der Waals surface area contributed by atoms with Gasteiger partial charge in [0, 0.05) is 23.5 Å². The zero-order valence-electron chi connectivity index (χ0n) is 12.3. The monoisotopic (exact) mass is 293 g/mol. The molecule has 3 aromatic rings. The van der Waals surface area contributed by atoms with Gasteiger partial charge in [-0.25, -0.2) is 9.98 Å². The van der Waals surface area contributed by atoms with Gasteiger partial charge in [-0.2, -0.15) is 4.98 Å². The fourth-order valence-corrected chi connectivity index (χ4v) is 2.23. The number of hydrogen-bond donors (Lipinski definition) is 1. The summed E-state index contributed by atoms with van der Waals surface area (Å²) in [6, 6.07) is 13.1. The van der Waals surface area contributed by atoms with Gasteiger partial charge in [-0.3, -0.25) is 0 Å². The van der Waals surface area contributed by atoms with Crippen molar-refractivity contribution in [3.8, 4) is 11.6 Å². The van der Waals surface area contributed by atoms with E-state index in [1.807, 2.05) is 37.3 Å². The minimum Gasteiger partial charge on any atom is -0.507 e. The lowest BCUT2D eigenvalue weighted by molar-refractivity contribution is 0.397. The first-order valence-electron chi connectivity index (χ1n) is 6.82. The van der Waals surface area contributed by atoms with E-state index in [1.54, 1.807) is 25.5 Å². The molecule has 0 unspecified atom stereocenters. The largest absolute Gasteiger partial charge is 0.507 e. The van der Waals surface area contributed by atoms with Gasteiger partial charge in [-0.15, -0.1) is 0 Å². The molecule has 5 nitrogen and oxygen atoms in total. The fourth-order valence-electron chi connectivity index (χ4n) is 2.23. The molecule has 22 heavy (non-hydrogen) atoms. The quantitative estimate of drug-likeness (QED) is 0.751. The van der Waals surface area contributed by atoms with Crippen LogP contribution in [0.15, 0.2) is 47.5 Å². The van der Waals surface area contributed by atoms with Crippen LogP contribution in [0.25, 0.3) is 10.8 Å². The number of aromatic nitrogens is 2. The highest BCUT2D eigenvalue weighted by atomic mass is 16.5. The van der Waals surface area contributed by atoms with Crippen LogP contribution >= 0.6 is 0 Å². The first kappa shape index (κ1) is 14.0. The molecule has 0 atom stereocenters. The molecule has 3 rings (SSSR count). The molecule has 2 aromatic carbocycles. The standard InChI is InChI=1S/C17H15N3O2/c1-11-9-16(22-2)20-17(19-11)18-10-14-13-6-4-3-5-12(13)7-8-15(14)21/h3-10,21H,1-2H3/b18-10+. The van der Waals surface area contributed by atoms with Crippen molar-refractivity contribution in [2.75, 3.05) is 7.11 Å². The summed E-state index contributed by atoms with van der Waals surface area (Å²) in [5.41, 5.74) is 1.41. The van der Waals surface area contributed by atoms with E-state index in [4.69, 9.17) is 4.74 Å². The summed E-state index contributed by atoms with van der Waals surface area (Å²) >= 11 is 0. The summed E-state index contributed by atoms with van der Waals surface area (Å²) in [6.07, 6.45) is 1.58. The maximum Gasteiger partial charge on any atom is 0.252 e. The van der Waals surface area contributed by atoms with Gasteiger partial charge in [0.1, 0.15) is 5.75 Å². The molecule has 0 amide bonds. The van der Waals surface area contributed by atoms with Gasteiger partial charge in [-0.05, 0) is 23.8 Å². The van der Waals surface area contributed by atoms with E-state index < -0.39 is 0 Å². The lowest BCUT2D eigenvalue weighted by atomic mass is 10.0. The summed E-state index contributed by atoms with van der Waals surface area (Å²) in [4.78, 5) is 12.7. The zero-order chi connectivity index (χ0) is 15.5. The molecule has 5 heteroatoms. The second kappa shape index (κ2) is 5.81. The Morgan fingerprint density at radius 1 is 1.14 bits per heavy atom. The number of benzene rings is 2. The smallest absolute Gasteiger partial charge is 0.252 e. The molecule has 0 saturated heterocycles. The molecule has 0 bridgehead atoms. The molecule has 110 valence electrons. The molecule has 1 heterocycles. The van der Waals surface area contributed by atoms with Crippen molar-refractivity contribution in [1.29, 1.82) is 0 Å². The number of fused-ring (bicyclic) bond motifs is 1. The number of nitrogens with zero attached hydrogens (tertiary/aromatic N) is 3. The molecule has 0 saturated carbocycles. The number of ether oxygens (including phenoxy) is 1. The van der Waals surface area contributed by atoms with Crippen LogP contribution in [-0.2, 0) is 0 Å². The number of phenolic OH excluding ortho intramolecular Hbond substituents is 1. The fraction of sp³-hybridized carbons (Fsp3) is 0.118. The highest BCUT2D eigenvalue weighted by Gasteiger charge is 2.05. The molecule has 1 N–H and O–H groups in total. The van der Waals surface area contributed by atoms with Crippen LogP contribution in [0, 0.1) is 6.92 Å². The number of aliphatic imine (C=N–C) groups is 1. The second-order valence-corrected chi connectivity index (χ2v) is 4.83. The molecular formula is C17H15N3O2. The van der Waals surface area contributed by atoms with Crippen molar-refractivity contribution in [2.45, 2.75) is 6.92 Å². The third-order valence-corrected chi connectivity index (χ3v) is 3.28. The Labute approximate surface area is 128 Å². The summed E-state index contributed by atoms with van der Waals surface area (Å²) in [5.74, 6) is 0.924. The summed E-state index contributed by atoms with van der Waals surface area (Å²) in [7, 11) is 1.55. The average molecular weight is 293 g/mol. The van der Waals surface area contributed by atoms with Crippen LogP contribution in [0.2, 0.25) is 0 Å². The van der Waals surface area contributed by atoms with Gasteiger partial charge in [0.25, 0.3) is 5.95 Å². The van der Waals surface area contributed by atoms with Gasteiger partial charge < -0.3 is 9.84 Å². The van der Waals surface area contributed by atoms with Crippen LogP contribution in [-0.4, -0.2) is 28.4 Å². The first-order valence-corrected chi connectivity index (χ1v) is 6.82. The van der Waals surface area contributed by atoms with Crippen LogP contribution in [0.1, 0.15) is 11.3 Å². The number of aryl methyl sites for hydroxylation is 1. The Kier molecular flexibility index (Phi) is 3.70. The van der Waals surface area contributed by atoms with Crippen LogP contribution < -0.4 is 4.74 Å². The van der Waals surface area contributed by atoms with Crippen molar-refractivity contribution < 1.29 is 9.84 Å². The van der Waals surface area contributed by atoms with E-state index >= 15 is 0 Å². The molecule has 0 spiro atoms. The van der Waals surface area contributed by atoms with Crippen LogP contribution in [0.5, 0.6) is 11.6 Å². The van der Waals surface area contributed by atoms with Gasteiger partial charge in [0.2, 0.25) is 5.88 Å². The number of aromatic hydroxyl groups is 1. The Morgan fingerprint density at radius 2 is 1.95 bits per heavy atom. The highest BCUT2D eigenvalue weighted by molar-refractivity contribution is 6.02. The number of phenols is 1. The van der Waals surface area contributed by atoms with Crippen molar-refractivity contribution in [3.05, 3.63) is 53.7 Å². The molecular weight excluding hydrogens is 278 g/mol. The van der Waals surface area contributed by atoms with Crippen molar-refractivity contribution in [2.24, 2.45) is 4.99 Å². The molecule has 0 radical (unpaired) electrons. The maximum atomic E-state index is 10.1. The van der Waals surface area contributed by atoms with Gasteiger partial charge in [0.05, 0.1) is 7.11 Å². The Balaban J connectivity index is 2.06. The number of methoxy groups -OCH3 is 1. The highest BCUT2D eigenvalue weighted by Crippen LogP contribution is 2.26. The van der Waals surface area contributed by atoms with Gasteiger partial charge in [0.15, 0.2) is 0 Å². The van der Waals surface area contributed by atoms with Crippen molar-refractivity contribution >= 4 is 22.9 Å². The second-order valence-electron chi connectivity index (χ2n) is 4.83. The van der Waals surface area contributed by atoms with E-state index in [0.29, 0.717) is 17.4 Å². The topological polar surface area (TPSA) is 67.6 Å². The van der Waals surface area contributed by atoms with E-state index in [9.17, 15) is 5.11 Å². The third-order valence-electron chi connectivity index (χ3n) is 3.28. The minimum atomic E-state index is 0.169. The first-order chi connectivity index (χ1) is 10.7. The minimum absolute atomic E-state index is 0.169. The maximum absolute atomic E-state index is 10.1. The Hall–Kier alpha value is -2.95. The van der Waals surface area contributed by atoms with E-state index in [-0.39, 0.29) is 5.75 Å². The normalized spacial score (nSPS) is 11.2. The summed E-state index contributed by atoms with van der Waals surface area (Å²) < 4.78 is 5.11. The summed E-state index contributed by atoms with van der Waals surface area (Å²) in [6.45, 7) is 1.85. The lowest BCUT2D eigenvalue weighted by Gasteiger charge is -2.05. The van der Waals surface area contributed by atoms with E-state index in [2.05, 4.69) is 15.0 Å². The van der Waals surface area contributed by atoms with E-state index in [0.717, 1.165) is 16.5 Å². The van der Waals surface area contributed by atoms with Crippen molar-refractivity contribution in [1.82, 2.24) is 9.97 Å². The lowest BCUT2D eigenvalue weighted by Crippen LogP contribution is -1.93. The van der Waals surface area contributed by atoms with Crippen LogP contribution in [0.3, 0.4) is 0 Å². The van der Waals surface area contributed by atoms with Crippen molar-refractivity contribution in [3.63, 3.8) is 0 Å². The number of rotatable bonds is 3. The third kappa shape index (κ3) is 2.74. The van der Waals surface area contributed by atoms with E-state index in [1.165, 1.54) is 0 Å². The Bertz CT molecular complexity index is 860. The zero-order valence-corrected chi connectivity index (χ0v) is 12.3. The predicted molar refractivity (Wildman–Crippen MR) is 86.2 cm³/mol. The summed E-state index contributed by atoms with van der Waals surface area (Å²) in [5, 5.41) is 12.0. The molecule has 0 aliphatic rings. The molecule has 0 aliphatic heterocycles. The molecule has 0 fully saturated rings. The predicted octanol–water partition coefficient (Wildman–Crippen LogP) is 3.40.